The van der Waals surface area contributed by atoms with E-state index in [1.165, 1.54) is 12.1 Å². The minimum Gasteiger partial charge on any atom is -0.326 e. The number of aromatic amines is 1. The molecule has 31 heavy (non-hydrogen) atoms. The summed E-state index contributed by atoms with van der Waals surface area (Å²) in [6.07, 6.45) is 0.701. The van der Waals surface area contributed by atoms with Crippen molar-refractivity contribution in [3.63, 3.8) is 0 Å². The van der Waals surface area contributed by atoms with Gasteiger partial charge in [-0.15, -0.1) is 0 Å². The highest BCUT2D eigenvalue weighted by molar-refractivity contribution is 6.30. The van der Waals surface area contributed by atoms with Crippen molar-refractivity contribution in [2.24, 2.45) is 0 Å². The van der Waals surface area contributed by atoms with Crippen LogP contribution < -0.4 is 0 Å². The first-order valence-corrected chi connectivity index (χ1v) is 10.4. The average Bonchev–Trinajstić information content (AvgIpc) is 3.32. The van der Waals surface area contributed by atoms with Crippen LogP contribution in [0.5, 0.6) is 0 Å². The van der Waals surface area contributed by atoms with E-state index < -0.39 is 6.04 Å². The number of hydrogen-bond donors (Lipinski definition) is 1. The van der Waals surface area contributed by atoms with Gasteiger partial charge in [-0.05, 0) is 41.8 Å². The third kappa shape index (κ3) is 3.62. The van der Waals surface area contributed by atoms with Gasteiger partial charge in [-0.2, -0.15) is 5.10 Å². The monoisotopic (exact) mass is 431 g/mol. The molecule has 154 valence electrons. The van der Waals surface area contributed by atoms with Crippen molar-refractivity contribution in [1.82, 2.24) is 15.1 Å². The van der Waals surface area contributed by atoms with Gasteiger partial charge in [0.25, 0.3) is 5.91 Å². The number of carbonyl (C=O) groups is 1. The summed E-state index contributed by atoms with van der Waals surface area (Å²) in [7, 11) is 0. The zero-order chi connectivity index (χ0) is 21.4. The Kier molecular flexibility index (Phi) is 5.04. The molecule has 0 aliphatic carbocycles. The third-order valence-corrected chi connectivity index (χ3v) is 5.88. The smallest absolute Gasteiger partial charge is 0.273 e. The van der Waals surface area contributed by atoms with Crippen LogP contribution in [0.1, 0.15) is 33.2 Å². The Bertz CT molecular complexity index is 1240. The highest BCUT2D eigenvalue weighted by Gasteiger charge is 2.42. The van der Waals surface area contributed by atoms with E-state index in [1.54, 1.807) is 23.1 Å². The van der Waals surface area contributed by atoms with Gasteiger partial charge in [0.15, 0.2) is 0 Å². The molecule has 0 spiro atoms. The lowest BCUT2D eigenvalue weighted by Crippen LogP contribution is -2.31. The zero-order valence-electron chi connectivity index (χ0n) is 16.6. The molecular formula is C25H19ClFN3O. The highest BCUT2D eigenvalue weighted by Crippen LogP contribution is 2.43. The molecule has 0 bridgehead atoms. The fraction of sp³-hybridized carbons (Fsp3) is 0.120. The van der Waals surface area contributed by atoms with Crippen LogP contribution in [0.4, 0.5) is 4.39 Å². The lowest BCUT2D eigenvalue weighted by atomic mass is 9.96. The molecule has 1 N–H and O–H groups in total. The summed E-state index contributed by atoms with van der Waals surface area (Å²) in [5.41, 5.74) is 4.60. The number of nitrogens with zero attached hydrogens (tertiary/aromatic N) is 2. The van der Waals surface area contributed by atoms with E-state index in [-0.39, 0.29) is 11.7 Å². The van der Waals surface area contributed by atoms with E-state index in [9.17, 15) is 9.18 Å². The first-order valence-electron chi connectivity index (χ1n) is 10.1. The van der Waals surface area contributed by atoms with E-state index in [2.05, 4.69) is 10.2 Å². The van der Waals surface area contributed by atoms with E-state index in [4.69, 9.17) is 11.6 Å². The molecule has 4 nitrogen and oxygen atoms in total. The second-order valence-electron chi connectivity index (χ2n) is 7.56. The minimum absolute atomic E-state index is 0.132. The Hall–Kier alpha value is -3.44. The zero-order valence-corrected chi connectivity index (χ0v) is 17.3. The number of amides is 1. The van der Waals surface area contributed by atoms with Crippen molar-refractivity contribution in [2.75, 3.05) is 6.54 Å². The molecule has 5 rings (SSSR count). The largest absolute Gasteiger partial charge is 0.326 e. The van der Waals surface area contributed by atoms with Gasteiger partial charge in [0.1, 0.15) is 11.5 Å². The quantitative estimate of drug-likeness (QED) is 0.443. The van der Waals surface area contributed by atoms with Crippen LogP contribution in [0.2, 0.25) is 5.02 Å². The number of halogens is 2. The second kappa shape index (κ2) is 8.00. The summed E-state index contributed by atoms with van der Waals surface area (Å²) in [4.78, 5) is 15.1. The highest BCUT2D eigenvalue weighted by atomic mass is 35.5. The summed E-state index contributed by atoms with van der Waals surface area (Å²) in [5.74, 6) is -0.467. The van der Waals surface area contributed by atoms with Crippen molar-refractivity contribution in [2.45, 2.75) is 12.5 Å². The number of hydrogen-bond acceptors (Lipinski definition) is 2. The van der Waals surface area contributed by atoms with Gasteiger partial charge < -0.3 is 4.90 Å². The summed E-state index contributed by atoms with van der Waals surface area (Å²) < 4.78 is 14.1. The van der Waals surface area contributed by atoms with Crippen LogP contribution in [-0.2, 0) is 6.42 Å². The molecule has 4 aromatic rings. The normalized spacial score (nSPS) is 15.4. The molecule has 3 aromatic carbocycles. The van der Waals surface area contributed by atoms with Crippen molar-refractivity contribution in [3.8, 4) is 11.3 Å². The lowest BCUT2D eigenvalue weighted by Gasteiger charge is -2.26. The summed E-state index contributed by atoms with van der Waals surface area (Å²) in [6.45, 7) is 0.507. The average molecular weight is 432 g/mol. The number of H-pyrrole nitrogens is 1. The summed E-state index contributed by atoms with van der Waals surface area (Å²) in [5, 5.41) is 7.98. The van der Waals surface area contributed by atoms with E-state index in [1.807, 2.05) is 48.5 Å². The van der Waals surface area contributed by atoms with E-state index in [0.717, 1.165) is 22.3 Å². The van der Waals surface area contributed by atoms with Crippen molar-refractivity contribution >= 4 is 17.5 Å². The molecule has 1 aliphatic heterocycles. The Balaban J connectivity index is 1.58. The Morgan fingerprint density at radius 2 is 1.77 bits per heavy atom. The first kappa shape index (κ1) is 19.5. The van der Waals surface area contributed by atoms with Gasteiger partial charge in [0, 0.05) is 22.7 Å². The van der Waals surface area contributed by atoms with Crippen molar-refractivity contribution < 1.29 is 9.18 Å². The summed E-state index contributed by atoms with van der Waals surface area (Å²) in [6, 6.07) is 23.3. The molecule has 1 amide bonds. The number of benzene rings is 3. The van der Waals surface area contributed by atoms with E-state index >= 15 is 0 Å². The summed E-state index contributed by atoms with van der Waals surface area (Å²) >= 11 is 6.05. The van der Waals surface area contributed by atoms with Crippen molar-refractivity contribution in [3.05, 3.63) is 112 Å². The molecule has 6 heteroatoms. The van der Waals surface area contributed by atoms with Gasteiger partial charge >= 0.3 is 0 Å². The standard InChI is InChI=1S/C25H19ClFN3O/c26-19-11-9-17(10-12-19)22-21-23(29-28-22)25(31)30(14-13-16-5-2-1-3-6-16)24(21)18-7-4-8-20(27)15-18/h1-12,15,24H,13-14H2,(H,28,29). The number of fused-ring (bicyclic) bond motifs is 1. The third-order valence-electron chi connectivity index (χ3n) is 5.63. The van der Waals surface area contributed by atoms with Crippen molar-refractivity contribution in [1.29, 1.82) is 0 Å². The predicted molar refractivity (Wildman–Crippen MR) is 118 cm³/mol. The van der Waals surface area contributed by atoms with Gasteiger partial charge in [0.05, 0.1) is 11.7 Å². The maximum atomic E-state index is 14.1. The number of aromatic nitrogens is 2. The van der Waals surface area contributed by atoms with Gasteiger partial charge in [-0.1, -0.05) is 66.2 Å². The van der Waals surface area contributed by atoms with Crippen LogP contribution in [0.25, 0.3) is 11.3 Å². The Morgan fingerprint density at radius 1 is 1.00 bits per heavy atom. The molecule has 1 atom stereocenters. The maximum Gasteiger partial charge on any atom is 0.273 e. The van der Waals surface area contributed by atoms with Gasteiger partial charge in [-0.3, -0.25) is 9.89 Å². The number of rotatable bonds is 5. The molecule has 1 unspecified atom stereocenters. The molecule has 0 saturated carbocycles. The second-order valence-corrected chi connectivity index (χ2v) is 8.00. The van der Waals surface area contributed by atoms with Crippen LogP contribution in [-0.4, -0.2) is 27.5 Å². The van der Waals surface area contributed by atoms with Gasteiger partial charge in [-0.25, -0.2) is 4.39 Å². The molecule has 1 aromatic heterocycles. The number of carbonyl (C=O) groups excluding carboxylic acids is 1. The Morgan fingerprint density at radius 3 is 2.52 bits per heavy atom. The topological polar surface area (TPSA) is 49.0 Å². The molecule has 0 fully saturated rings. The van der Waals surface area contributed by atoms with Gasteiger partial charge in [0.2, 0.25) is 0 Å². The first-order chi connectivity index (χ1) is 15.1. The maximum absolute atomic E-state index is 14.1. The van der Waals surface area contributed by atoms with Crippen LogP contribution in [0, 0.1) is 5.82 Å². The fourth-order valence-corrected chi connectivity index (χ4v) is 4.30. The predicted octanol–water partition coefficient (Wildman–Crippen LogP) is 5.66. The van der Waals surface area contributed by atoms with Crippen LogP contribution in [0.3, 0.4) is 0 Å². The molecular weight excluding hydrogens is 413 g/mol. The van der Waals surface area contributed by atoms with Crippen LogP contribution >= 0.6 is 11.6 Å². The fourth-order valence-electron chi connectivity index (χ4n) is 4.17. The Labute approximate surface area is 184 Å². The SMILES string of the molecule is O=C1c2[nH]nc(-c3ccc(Cl)cc3)c2C(c2cccc(F)c2)N1CCc1ccccc1. The molecule has 0 saturated heterocycles. The molecule has 2 heterocycles. The lowest BCUT2D eigenvalue weighted by molar-refractivity contribution is 0.0745. The van der Waals surface area contributed by atoms with Crippen LogP contribution in [0.15, 0.2) is 78.9 Å². The number of nitrogens with one attached hydrogen (secondary N) is 1. The molecule has 1 aliphatic rings. The van der Waals surface area contributed by atoms with E-state index in [0.29, 0.717) is 29.4 Å². The minimum atomic E-state index is -0.425. The molecule has 0 radical (unpaired) electrons.